The molecule has 4 nitrogen and oxygen atoms in total. The SMILES string of the molecule is CC[C@@H]1C=CCN1C(=O)c1ccc(-n2ccnc2)cc1. The van der Waals surface area contributed by atoms with Crippen molar-refractivity contribution in [3.63, 3.8) is 0 Å². The maximum Gasteiger partial charge on any atom is 0.254 e. The molecule has 0 spiro atoms. The first-order valence-electron chi connectivity index (χ1n) is 6.85. The van der Waals surface area contributed by atoms with Gasteiger partial charge in [0, 0.05) is 30.2 Å². The maximum atomic E-state index is 12.5. The molecular weight excluding hydrogens is 250 g/mol. The first-order chi connectivity index (χ1) is 9.79. The Morgan fingerprint density at radius 3 is 2.80 bits per heavy atom. The zero-order valence-electron chi connectivity index (χ0n) is 11.4. The molecule has 2 heterocycles. The van der Waals surface area contributed by atoms with E-state index in [1.807, 2.05) is 39.9 Å². The highest BCUT2D eigenvalue weighted by Crippen LogP contribution is 2.18. The van der Waals surface area contributed by atoms with E-state index >= 15 is 0 Å². The third-order valence-electron chi connectivity index (χ3n) is 3.66. The molecule has 0 saturated heterocycles. The predicted molar refractivity (Wildman–Crippen MR) is 77.8 cm³/mol. The molecular formula is C16H17N3O. The Kier molecular flexibility index (Phi) is 3.37. The third-order valence-corrected chi connectivity index (χ3v) is 3.66. The monoisotopic (exact) mass is 267 g/mol. The van der Waals surface area contributed by atoms with Gasteiger partial charge >= 0.3 is 0 Å². The second kappa shape index (κ2) is 5.33. The fourth-order valence-corrected chi connectivity index (χ4v) is 2.51. The molecule has 0 radical (unpaired) electrons. The van der Waals surface area contributed by atoms with Crippen LogP contribution in [-0.2, 0) is 0 Å². The van der Waals surface area contributed by atoms with Gasteiger partial charge in [-0.05, 0) is 30.7 Å². The highest BCUT2D eigenvalue weighted by Gasteiger charge is 2.24. The van der Waals surface area contributed by atoms with E-state index in [4.69, 9.17) is 0 Å². The summed E-state index contributed by atoms with van der Waals surface area (Å²) in [5.41, 5.74) is 1.74. The van der Waals surface area contributed by atoms with Gasteiger partial charge in [-0.1, -0.05) is 19.1 Å². The zero-order chi connectivity index (χ0) is 13.9. The number of imidazole rings is 1. The van der Waals surface area contributed by atoms with Crippen LogP contribution in [0, 0.1) is 0 Å². The summed E-state index contributed by atoms with van der Waals surface area (Å²) in [6.07, 6.45) is 10.5. The molecule has 0 unspecified atom stereocenters. The van der Waals surface area contributed by atoms with Crippen LogP contribution in [0.15, 0.2) is 55.1 Å². The summed E-state index contributed by atoms with van der Waals surface area (Å²) in [6, 6.07) is 7.88. The molecule has 1 aliphatic heterocycles. The van der Waals surface area contributed by atoms with Crippen LogP contribution in [0.25, 0.3) is 5.69 Å². The number of carbonyl (C=O) groups is 1. The van der Waals surface area contributed by atoms with Crippen molar-refractivity contribution in [3.8, 4) is 5.69 Å². The Bertz CT molecular complexity index is 614. The van der Waals surface area contributed by atoms with Gasteiger partial charge in [-0.3, -0.25) is 4.79 Å². The molecule has 1 amide bonds. The minimum Gasteiger partial charge on any atom is -0.329 e. The van der Waals surface area contributed by atoms with Crippen LogP contribution >= 0.6 is 0 Å². The first-order valence-corrected chi connectivity index (χ1v) is 6.85. The second-order valence-electron chi connectivity index (χ2n) is 4.88. The van der Waals surface area contributed by atoms with E-state index in [9.17, 15) is 4.79 Å². The van der Waals surface area contributed by atoms with Crippen molar-refractivity contribution >= 4 is 5.91 Å². The lowest BCUT2D eigenvalue weighted by Gasteiger charge is -2.23. The minimum absolute atomic E-state index is 0.0963. The molecule has 0 N–H and O–H groups in total. The van der Waals surface area contributed by atoms with E-state index in [-0.39, 0.29) is 11.9 Å². The molecule has 0 fully saturated rings. The van der Waals surface area contributed by atoms with Crippen LogP contribution in [0.1, 0.15) is 23.7 Å². The number of hydrogen-bond acceptors (Lipinski definition) is 2. The Morgan fingerprint density at radius 1 is 1.35 bits per heavy atom. The van der Waals surface area contributed by atoms with Crippen molar-refractivity contribution in [2.45, 2.75) is 19.4 Å². The van der Waals surface area contributed by atoms with E-state index in [0.29, 0.717) is 6.54 Å². The first kappa shape index (κ1) is 12.7. The number of amides is 1. The fourth-order valence-electron chi connectivity index (χ4n) is 2.51. The lowest BCUT2D eigenvalue weighted by Crippen LogP contribution is -2.35. The number of hydrogen-bond donors (Lipinski definition) is 0. The molecule has 1 aromatic carbocycles. The summed E-state index contributed by atoms with van der Waals surface area (Å²) in [5.74, 6) is 0.0963. The average Bonchev–Trinajstić information content (AvgIpc) is 3.17. The highest BCUT2D eigenvalue weighted by molar-refractivity contribution is 5.95. The zero-order valence-corrected chi connectivity index (χ0v) is 11.4. The van der Waals surface area contributed by atoms with E-state index in [1.54, 1.807) is 12.5 Å². The lowest BCUT2D eigenvalue weighted by molar-refractivity contribution is 0.0747. The molecule has 20 heavy (non-hydrogen) atoms. The largest absolute Gasteiger partial charge is 0.329 e. The predicted octanol–water partition coefficient (Wildman–Crippen LogP) is 2.66. The van der Waals surface area contributed by atoms with Gasteiger partial charge in [-0.25, -0.2) is 4.98 Å². The van der Waals surface area contributed by atoms with Gasteiger partial charge in [0.15, 0.2) is 0 Å². The van der Waals surface area contributed by atoms with Gasteiger partial charge in [0.2, 0.25) is 0 Å². The van der Waals surface area contributed by atoms with Crippen LogP contribution in [-0.4, -0.2) is 32.9 Å². The number of aromatic nitrogens is 2. The molecule has 1 aliphatic rings. The molecule has 1 atom stereocenters. The van der Waals surface area contributed by atoms with Crippen LogP contribution in [0.5, 0.6) is 0 Å². The van der Waals surface area contributed by atoms with E-state index in [2.05, 4.69) is 24.1 Å². The highest BCUT2D eigenvalue weighted by atomic mass is 16.2. The van der Waals surface area contributed by atoms with Gasteiger partial charge < -0.3 is 9.47 Å². The molecule has 3 rings (SSSR count). The van der Waals surface area contributed by atoms with Crippen LogP contribution in [0.2, 0.25) is 0 Å². The molecule has 1 aromatic heterocycles. The van der Waals surface area contributed by atoms with Crippen molar-refractivity contribution in [1.82, 2.24) is 14.5 Å². The standard InChI is InChI=1S/C16H17N3O/c1-2-14-4-3-10-19(14)16(20)13-5-7-15(8-6-13)18-11-9-17-12-18/h3-9,11-12,14H,2,10H2,1H3/t14-/m1/s1. The van der Waals surface area contributed by atoms with Gasteiger partial charge in [-0.2, -0.15) is 0 Å². The maximum absolute atomic E-state index is 12.5. The summed E-state index contributed by atoms with van der Waals surface area (Å²) in [4.78, 5) is 18.4. The van der Waals surface area contributed by atoms with Crippen molar-refractivity contribution in [3.05, 3.63) is 60.7 Å². The normalized spacial score (nSPS) is 17.6. The number of nitrogens with zero attached hydrogens (tertiary/aromatic N) is 3. The molecule has 102 valence electrons. The Hall–Kier alpha value is -2.36. The molecule has 0 bridgehead atoms. The summed E-state index contributed by atoms with van der Waals surface area (Å²) < 4.78 is 1.92. The van der Waals surface area contributed by atoms with Crippen molar-refractivity contribution in [2.75, 3.05) is 6.54 Å². The molecule has 0 saturated carbocycles. The van der Waals surface area contributed by atoms with Crippen LogP contribution in [0.3, 0.4) is 0 Å². The van der Waals surface area contributed by atoms with Crippen molar-refractivity contribution in [1.29, 1.82) is 0 Å². The third kappa shape index (κ3) is 2.25. The number of rotatable bonds is 3. The summed E-state index contributed by atoms with van der Waals surface area (Å²) in [5, 5.41) is 0. The van der Waals surface area contributed by atoms with E-state index < -0.39 is 0 Å². The Balaban J connectivity index is 1.79. The van der Waals surface area contributed by atoms with Crippen LogP contribution < -0.4 is 0 Å². The van der Waals surface area contributed by atoms with Crippen molar-refractivity contribution < 1.29 is 4.79 Å². The second-order valence-corrected chi connectivity index (χ2v) is 4.88. The summed E-state index contributed by atoms with van der Waals surface area (Å²) in [6.45, 7) is 2.81. The van der Waals surface area contributed by atoms with Gasteiger partial charge in [0.1, 0.15) is 0 Å². The van der Waals surface area contributed by atoms with Crippen LogP contribution in [0.4, 0.5) is 0 Å². The molecule has 2 aromatic rings. The summed E-state index contributed by atoms with van der Waals surface area (Å²) >= 11 is 0. The topological polar surface area (TPSA) is 38.1 Å². The fraction of sp³-hybridized carbons (Fsp3) is 0.250. The minimum atomic E-state index is 0.0963. The summed E-state index contributed by atoms with van der Waals surface area (Å²) in [7, 11) is 0. The lowest BCUT2D eigenvalue weighted by atomic mass is 10.1. The van der Waals surface area contributed by atoms with Gasteiger partial charge in [0.25, 0.3) is 5.91 Å². The number of carbonyl (C=O) groups excluding carboxylic acids is 1. The van der Waals surface area contributed by atoms with E-state index in [0.717, 1.165) is 17.7 Å². The van der Waals surface area contributed by atoms with Gasteiger partial charge in [-0.15, -0.1) is 0 Å². The van der Waals surface area contributed by atoms with Gasteiger partial charge in [0.05, 0.1) is 12.4 Å². The van der Waals surface area contributed by atoms with Crippen molar-refractivity contribution in [2.24, 2.45) is 0 Å². The Labute approximate surface area is 118 Å². The van der Waals surface area contributed by atoms with E-state index in [1.165, 1.54) is 0 Å². The Morgan fingerprint density at radius 2 is 2.15 bits per heavy atom. The smallest absolute Gasteiger partial charge is 0.254 e. The average molecular weight is 267 g/mol. The quantitative estimate of drug-likeness (QED) is 0.802. The molecule has 0 aliphatic carbocycles. The molecule has 4 heteroatoms. The number of benzene rings is 1.